The van der Waals surface area contributed by atoms with Crippen LogP contribution in [0.3, 0.4) is 0 Å². The van der Waals surface area contributed by atoms with Crippen molar-refractivity contribution in [1.82, 2.24) is 9.97 Å². The van der Waals surface area contributed by atoms with Crippen molar-refractivity contribution in [3.8, 4) is 0 Å². The fourth-order valence-electron chi connectivity index (χ4n) is 4.68. The van der Waals surface area contributed by atoms with E-state index in [2.05, 4.69) is 14.7 Å². The van der Waals surface area contributed by atoms with Crippen LogP contribution in [0.25, 0.3) is 21.8 Å². The average Bonchev–Trinajstić information content (AvgIpc) is 3.70. The van der Waals surface area contributed by atoms with E-state index < -0.39 is 59.0 Å². The van der Waals surface area contributed by atoms with Gasteiger partial charge in [0.1, 0.15) is 34.9 Å². The summed E-state index contributed by atoms with van der Waals surface area (Å²) in [6, 6.07) is 15.5. The van der Waals surface area contributed by atoms with Crippen LogP contribution in [0.5, 0.6) is 0 Å². The number of H-pyrrole nitrogens is 2. The van der Waals surface area contributed by atoms with Gasteiger partial charge in [-0.3, -0.25) is 19.2 Å². The molecular weight excluding hydrogens is 670 g/mol. The van der Waals surface area contributed by atoms with Crippen LogP contribution in [0.15, 0.2) is 104 Å². The topological polar surface area (TPSA) is 129 Å². The monoisotopic (exact) mass is 694 g/mol. The number of aliphatic carboxylic acids is 1. The number of carboxylic acids is 1. The predicted octanol–water partition coefficient (Wildman–Crippen LogP) is 8.17. The maximum absolute atomic E-state index is 13.7. The standard InChI is InChI=1S/C18H12F3NO3.C10H6F2O3.C8H6FN/c19-9-2-4-12(15(21)5-9)17(23)7-13(18(24)25)14-8-22-16-6-10(20)1-3-11(14)16;11-7-1-2-8(9(12)5-7)10(14)3-4-15-6-13;9-7-2-1-6-3-4-10-8(6)5-7/h1-6,8,13,22H,7H2,(H,24,25);1-6H;1-5,10H/b;4-3+;. The molecule has 0 aliphatic heterocycles. The summed E-state index contributed by atoms with van der Waals surface area (Å²) in [4.78, 5) is 50.5. The van der Waals surface area contributed by atoms with Crippen molar-refractivity contribution >= 4 is 45.8 Å². The van der Waals surface area contributed by atoms with E-state index in [1.165, 1.54) is 36.5 Å². The Kier molecular flexibility index (Phi) is 12.1. The minimum absolute atomic E-state index is 0.116. The molecule has 0 fully saturated rings. The smallest absolute Gasteiger partial charge is 0.311 e. The first-order chi connectivity index (χ1) is 23.9. The fourth-order valence-corrected chi connectivity index (χ4v) is 4.68. The summed E-state index contributed by atoms with van der Waals surface area (Å²) in [6.45, 7) is 0.116. The van der Waals surface area contributed by atoms with E-state index in [-0.39, 0.29) is 23.4 Å². The molecule has 0 saturated carbocycles. The minimum atomic E-state index is -1.28. The predicted molar refractivity (Wildman–Crippen MR) is 169 cm³/mol. The van der Waals surface area contributed by atoms with E-state index in [0.717, 1.165) is 47.5 Å². The Labute approximate surface area is 278 Å². The lowest BCUT2D eigenvalue weighted by Crippen LogP contribution is -2.17. The van der Waals surface area contributed by atoms with E-state index in [1.54, 1.807) is 12.3 Å². The number of aromatic amines is 2. The van der Waals surface area contributed by atoms with Crippen molar-refractivity contribution < 1.29 is 55.4 Å². The number of carboxylic acid groups (broad SMARTS) is 1. The summed E-state index contributed by atoms with van der Waals surface area (Å²) in [5.41, 5.74) is 0.862. The molecule has 3 N–H and O–H groups in total. The maximum Gasteiger partial charge on any atom is 0.311 e. The number of rotatable bonds is 9. The number of Topliss-reactive ketones (excluding diaryl/α,β-unsaturated/α-hetero) is 1. The molecule has 6 aromatic rings. The summed E-state index contributed by atoms with van der Waals surface area (Å²) in [7, 11) is 0. The molecule has 0 spiro atoms. The highest BCUT2D eigenvalue weighted by molar-refractivity contribution is 6.04. The molecule has 4 aromatic carbocycles. The van der Waals surface area contributed by atoms with Crippen LogP contribution in [-0.4, -0.2) is 39.1 Å². The number of ketones is 2. The zero-order chi connectivity index (χ0) is 36.4. The van der Waals surface area contributed by atoms with Crippen LogP contribution in [0.4, 0.5) is 26.3 Å². The summed E-state index contributed by atoms with van der Waals surface area (Å²) in [6.07, 6.45) is 4.35. The molecule has 0 radical (unpaired) electrons. The highest BCUT2D eigenvalue weighted by atomic mass is 19.2. The Morgan fingerprint density at radius 1 is 0.720 bits per heavy atom. The van der Waals surface area contributed by atoms with Gasteiger partial charge in [0.15, 0.2) is 11.6 Å². The number of aromatic nitrogens is 2. The fraction of sp³-hybridized carbons (Fsp3) is 0.0556. The van der Waals surface area contributed by atoms with Crippen LogP contribution < -0.4 is 0 Å². The summed E-state index contributed by atoms with van der Waals surface area (Å²) >= 11 is 0. The van der Waals surface area contributed by atoms with Gasteiger partial charge in [-0.2, -0.15) is 0 Å². The molecule has 1 unspecified atom stereocenters. The van der Waals surface area contributed by atoms with E-state index in [9.17, 15) is 50.6 Å². The van der Waals surface area contributed by atoms with Crippen LogP contribution >= 0.6 is 0 Å². The lowest BCUT2D eigenvalue weighted by Gasteiger charge is -2.11. The Bertz CT molecular complexity index is 2210. The zero-order valence-corrected chi connectivity index (χ0v) is 25.4. The number of hydrogen-bond donors (Lipinski definition) is 3. The van der Waals surface area contributed by atoms with Gasteiger partial charge < -0.3 is 19.8 Å². The first-order valence-corrected chi connectivity index (χ1v) is 14.3. The lowest BCUT2D eigenvalue weighted by atomic mass is 9.91. The molecule has 2 heterocycles. The van der Waals surface area contributed by atoms with Gasteiger partial charge in [-0.05, 0) is 77.7 Å². The normalized spacial score (nSPS) is 11.3. The second kappa shape index (κ2) is 16.6. The number of nitrogens with one attached hydrogen (secondary N) is 2. The Morgan fingerprint density at radius 2 is 1.30 bits per heavy atom. The van der Waals surface area contributed by atoms with E-state index in [0.29, 0.717) is 28.6 Å². The summed E-state index contributed by atoms with van der Waals surface area (Å²) in [5.74, 6) is -8.30. The quantitative estimate of drug-likeness (QED) is 0.0461. The Hall–Kier alpha value is -6.44. The second-order valence-electron chi connectivity index (χ2n) is 10.3. The van der Waals surface area contributed by atoms with Gasteiger partial charge in [0, 0.05) is 53.4 Å². The van der Waals surface area contributed by atoms with Crippen molar-refractivity contribution in [2.45, 2.75) is 12.3 Å². The number of allylic oxidation sites excluding steroid dienone is 1. The number of carbonyl (C=O) groups excluding carboxylic acids is 3. The largest absolute Gasteiger partial charge is 0.481 e. The maximum atomic E-state index is 13.7. The number of fused-ring (bicyclic) bond motifs is 2. The molecule has 0 amide bonds. The third-order valence-corrected chi connectivity index (χ3v) is 7.04. The summed E-state index contributed by atoms with van der Waals surface area (Å²) < 4.78 is 82.0. The first-order valence-electron chi connectivity index (χ1n) is 14.3. The Balaban J connectivity index is 0.000000189. The van der Waals surface area contributed by atoms with Crippen LogP contribution in [0.1, 0.15) is 38.6 Å². The number of ether oxygens (including phenoxy) is 1. The molecular formula is C36H24F6N2O6. The zero-order valence-electron chi connectivity index (χ0n) is 25.4. The SMILES string of the molecule is Fc1ccc2cc[nH]c2c1.O=C(CC(C(=O)O)c1c[nH]c2cc(F)ccc12)c1ccc(F)cc1F.O=CO/C=C/C(=O)c1ccc(F)cc1F. The van der Waals surface area contributed by atoms with Gasteiger partial charge in [0.05, 0.1) is 23.3 Å². The first kappa shape index (κ1) is 36.4. The lowest BCUT2D eigenvalue weighted by molar-refractivity contribution is -0.138. The van der Waals surface area contributed by atoms with E-state index in [1.807, 2.05) is 6.07 Å². The van der Waals surface area contributed by atoms with Crippen molar-refractivity contribution in [2.24, 2.45) is 0 Å². The van der Waals surface area contributed by atoms with Crippen molar-refractivity contribution in [1.29, 1.82) is 0 Å². The minimum Gasteiger partial charge on any atom is -0.481 e. The van der Waals surface area contributed by atoms with Crippen molar-refractivity contribution in [2.75, 3.05) is 0 Å². The molecule has 0 saturated heterocycles. The van der Waals surface area contributed by atoms with Gasteiger partial charge in [0.25, 0.3) is 6.47 Å². The molecule has 1 atom stereocenters. The van der Waals surface area contributed by atoms with Gasteiger partial charge in [-0.25, -0.2) is 26.3 Å². The highest BCUT2D eigenvalue weighted by Crippen LogP contribution is 2.30. The highest BCUT2D eigenvalue weighted by Gasteiger charge is 2.27. The van der Waals surface area contributed by atoms with Crippen LogP contribution in [0.2, 0.25) is 0 Å². The number of carbonyl (C=O) groups is 4. The third-order valence-electron chi connectivity index (χ3n) is 7.04. The molecule has 14 heteroatoms. The molecule has 0 aliphatic rings. The van der Waals surface area contributed by atoms with Crippen LogP contribution in [-0.2, 0) is 14.3 Å². The van der Waals surface area contributed by atoms with Gasteiger partial charge in [-0.15, -0.1) is 0 Å². The average molecular weight is 695 g/mol. The van der Waals surface area contributed by atoms with E-state index in [4.69, 9.17) is 0 Å². The molecule has 6 rings (SSSR count). The summed E-state index contributed by atoms with van der Waals surface area (Å²) in [5, 5.41) is 11.0. The molecule has 0 bridgehead atoms. The van der Waals surface area contributed by atoms with Gasteiger partial charge >= 0.3 is 5.97 Å². The molecule has 0 aliphatic carbocycles. The van der Waals surface area contributed by atoms with Crippen LogP contribution in [0, 0.1) is 34.9 Å². The van der Waals surface area contributed by atoms with Crippen molar-refractivity contribution in [3.63, 3.8) is 0 Å². The number of halogens is 6. The molecule has 8 nitrogen and oxygen atoms in total. The van der Waals surface area contributed by atoms with E-state index >= 15 is 0 Å². The van der Waals surface area contributed by atoms with Gasteiger partial charge in [0.2, 0.25) is 0 Å². The van der Waals surface area contributed by atoms with Gasteiger partial charge in [-0.1, -0.05) is 0 Å². The number of benzene rings is 4. The molecule has 256 valence electrons. The third kappa shape index (κ3) is 9.34. The molecule has 2 aromatic heterocycles. The Morgan fingerprint density at radius 3 is 1.92 bits per heavy atom. The second-order valence-corrected chi connectivity index (χ2v) is 10.3. The number of hydrogen-bond acceptors (Lipinski definition) is 5. The van der Waals surface area contributed by atoms with Crippen molar-refractivity contribution in [3.05, 3.63) is 155 Å². The molecule has 50 heavy (non-hydrogen) atoms.